The molecule has 2 aliphatic heterocycles. The van der Waals surface area contributed by atoms with Crippen LogP contribution in [-0.4, -0.2) is 55.0 Å². The Morgan fingerprint density at radius 2 is 2.12 bits per heavy atom. The highest BCUT2D eigenvalue weighted by molar-refractivity contribution is 5.85. The fourth-order valence-electron chi connectivity index (χ4n) is 2.69. The number of hydrogen-bond acceptors (Lipinski definition) is 3. The Hall–Kier alpha value is -0.320. The quantitative estimate of drug-likeness (QED) is 0.811. The van der Waals surface area contributed by atoms with Crippen LogP contribution in [-0.2, 0) is 4.79 Å². The highest BCUT2D eigenvalue weighted by atomic mass is 35.5. The van der Waals surface area contributed by atoms with Gasteiger partial charge in [0.05, 0.1) is 0 Å². The van der Waals surface area contributed by atoms with Crippen LogP contribution in [0.3, 0.4) is 0 Å². The Labute approximate surface area is 110 Å². The number of carbonyl (C=O) groups excluding carboxylic acids is 1. The van der Waals surface area contributed by atoms with Gasteiger partial charge in [-0.2, -0.15) is 0 Å². The second-order valence-corrected chi connectivity index (χ2v) is 5.53. The van der Waals surface area contributed by atoms with E-state index in [0.717, 1.165) is 52.1 Å². The highest BCUT2D eigenvalue weighted by Gasteiger charge is 2.32. The molecular weight excluding hydrogens is 238 g/mol. The lowest BCUT2D eigenvalue weighted by Crippen LogP contribution is -2.37. The van der Waals surface area contributed by atoms with Crippen molar-refractivity contribution >= 4 is 18.3 Å². The van der Waals surface area contributed by atoms with Gasteiger partial charge < -0.3 is 15.5 Å². The molecule has 4 nitrogen and oxygen atoms in total. The van der Waals surface area contributed by atoms with Crippen molar-refractivity contribution in [2.75, 3.05) is 39.3 Å². The predicted octanol–water partition coefficient (Wildman–Crippen LogP) is 0.701. The number of nitrogens with two attached hydrogens (primary N) is 1. The first kappa shape index (κ1) is 14.7. The fraction of sp³-hybridized carbons (Fsp3) is 0.917. The maximum atomic E-state index is 11.5. The van der Waals surface area contributed by atoms with Crippen LogP contribution in [0.25, 0.3) is 0 Å². The highest BCUT2D eigenvalue weighted by Crippen LogP contribution is 2.28. The third kappa shape index (κ3) is 3.57. The average molecular weight is 262 g/mol. The van der Waals surface area contributed by atoms with Gasteiger partial charge in [-0.05, 0) is 31.3 Å². The molecule has 0 radical (unpaired) electrons. The first-order valence-corrected chi connectivity index (χ1v) is 6.33. The van der Waals surface area contributed by atoms with Crippen LogP contribution < -0.4 is 5.73 Å². The monoisotopic (exact) mass is 261 g/mol. The van der Waals surface area contributed by atoms with Crippen molar-refractivity contribution in [1.29, 1.82) is 0 Å². The van der Waals surface area contributed by atoms with E-state index in [1.807, 2.05) is 4.90 Å². The van der Waals surface area contributed by atoms with Gasteiger partial charge in [-0.1, -0.05) is 6.92 Å². The first-order chi connectivity index (χ1) is 7.63. The topological polar surface area (TPSA) is 49.6 Å². The summed E-state index contributed by atoms with van der Waals surface area (Å²) < 4.78 is 0. The number of carbonyl (C=O) groups is 1. The zero-order chi connectivity index (χ0) is 11.6. The molecule has 2 saturated heterocycles. The molecule has 1 amide bonds. The molecule has 100 valence electrons. The van der Waals surface area contributed by atoms with Crippen LogP contribution in [0.15, 0.2) is 0 Å². The van der Waals surface area contributed by atoms with Crippen LogP contribution in [0.1, 0.15) is 26.2 Å². The molecule has 1 atom stereocenters. The van der Waals surface area contributed by atoms with E-state index in [2.05, 4.69) is 11.8 Å². The Bertz CT molecular complexity index is 274. The molecule has 0 aromatic heterocycles. The standard InChI is InChI=1S/C12H23N3O.ClH/c1-12(9-13)4-6-14(10-12)7-8-15-5-2-3-11(15)16;/h2-10,13H2,1H3;1H. The summed E-state index contributed by atoms with van der Waals surface area (Å²) in [4.78, 5) is 15.9. The molecule has 0 spiro atoms. The molecular formula is C12H24ClN3O. The number of hydrogen-bond donors (Lipinski definition) is 1. The summed E-state index contributed by atoms with van der Waals surface area (Å²) >= 11 is 0. The molecule has 5 heteroatoms. The molecule has 2 aliphatic rings. The molecule has 2 rings (SSSR count). The normalized spacial score (nSPS) is 29.8. The lowest BCUT2D eigenvalue weighted by molar-refractivity contribution is -0.127. The minimum absolute atomic E-state index is 0. The van der Waals surface area contributed by atoms with Gasteiger partial charge in [-0.3, -0.25) is 4.79 Å². The first-order valence-electron chi connectivity index (χ1n) is 6.33. The lowest BCUT2D eigenvalue weighted by atomic mass is 9.90. The molecule has 0 bridgehead atoms. The predicted molar refractivity (Wildman–Crippen MR) is 71.3 cm³/mol. The Morgan fingerprint density at radius 3 is 2.65 bits per heavy atom. The second-order valence-electron chi connectivity index (χ2n) is 5.53. The van der Waals surface area contributed by atoms with E-state index in [9.17, 15) is 4.79 Å². The summed E-state index contributed by atoms with van der Waals surface area (Å²) in [5, 5.41) is 0. The van der Waals surface area contributed by atoms with Crippen molar-refractivity contribution in [1.82, 2.24) is 9.80 Å². The van der Waals surface area contributed by atoms with E-state index >= 15 is 0 Å². The van der Waals surface area contributed by atoms with Crippen LogP contribution in [0, 0.1) is 5.41 Å². The summed E-state index contributed by atoms with van der Waals surface area (Å²) in [5.74, 6) is 0.334. The van der Waals surface area contributed by atoms with Crippen molar-refractivity contribution in [2.45, 2.75) is 26.2 Å². The van der Waals surface area contributed by atoms with Crippen molar-refractivity contribution in [3.05, 3.63) is 0 Å². The van der Waals surface area contributed by atoms with Crippen molar-refractivity contribution in [3.8, 4) is 0 Å². The van der Waals surface area contributed by atoms with Gasteiger partial charge in [-0.15, -0.1) is 12.4 Å². The SMILES string of the molecule is CC1(CN)CCN(CCN2CCCC2=O)C1.Cl. The second kappa shape index (κ2) is 6.03. The summed E-state index contributed by atoms with van der Waals surface area (Å²) in [6.45, 7) is 8.13. The molecule has 0 aliphatic carbocycles. The smallest absolute Gasteiger partial charge is 0.222 e. The number of amides is 1. The molecule has 1 unspecified atom stereocenters. The zero-order valence-electron chi connectivity index (χ0n) is 10.7. The van der Waals surface area contributed by atoms with Crippen molar-refractivity contribution in [2.24, 2.45) is 11.1 Å². The number of likely N-dealkylation sites (tertiary alicyclic amines) is 2. The maximum absolute atomic E-state index is 11.5. The van der Waals surface area contributed by atoms with E-state index in [-0.39, 0.29) is 12.4 Å². The van der Waals surface area contributed by atoms with Crippen molar-refractivity contribution < 1.29 is 4.79 Å². The molecule has 0 saturated carbocycles. The minimum Gasteiger partial charge on any atom is -0.341 e. The van der Waals surface area contributed by atoms with E-state index in [1.165, 1.54) is 6.42 Å². The van der Waals surface area contributed by atoms with Gasteiger partial charge in [0.15, 0.2) is 0 Å². The van der Waals surface area contributed by atoms with E-state index in [0.29, 0.717) is 11.3 Å². The zero-order valence-corrected chi connectivity index (χ0v) is 11.5. The van der Waals surface area contributed by atoms with Crippen LogP contribution in [0.4, 0.5) is 0 Å². The summed E-state index contributed by atoms with van der Waals surface area (Å²) in [6.07, 6.45) is 2.98. The number of rotatable bonds is 4. The Kier molecular flexibility index (Phi) is 5.22. The summed E-state index contributed by atoms with van der Waals surface area (Å²) in [7, 11) is 0. The molecule has 2 fully saturated rings. The third-order valence-electron chi connectivity index (χ3n) is 3.99. The van der Waals surface area contributed by atoms with Gasteiger partial charge in [-0.25, -0.2) is 0 Å². The average Bonchev–Trinajstić information content (AvgIpc) is 2.84. The summed E-state index contributed by atoms with van der Waals surface area (Å²) in [5.41, 5.74) is 6.08. The van der Waals surface area contributed by atoms with E-state index in [1.54, 1.807) is 0 Å². The van der Waals surface area contributed by atoms with Gasteiger partial charge >= 0.3 is 0 Å². The fourth-order valence-corrected chi connectivity index (χ4v) is 2.69. The molecule has 2 heterocycles. The van der Waals surface area contributed by atoms with E-state index < -0.39 is 0 Å². The van der Waals surface area contributed by atoms with Crippen LogP contribution >= 0.6 is 12.4 Å². The minimum atomic E-state index is 0. The summed E-state index contributed by atoms with van der Waals surface area (Å²) in [6, 6.07) is 0. The van der Waals surface area contributed by atoms with E-state index in [4.69, 9.17) is 5.73 Å². The number of halogens is 1. The van der Waals surface area contributed by atoms with Crippen LogP contribution in [0.5, 0.6) is 0 Å². The van der Waals surface area contributed by atoms with Gasteiger partial charge in [0.1, 0.15) is 0 Å². The molecule has 0 aromatic carbocycles. The third-order valence-corrected chi connectivity index (χ3v) is 3.99. The van der Waals surface area contributed by atoms with Gasteiger partial charge in [0.25, 0.3) is 0 Å². The Morgan fingerprint density at radius 1 is 1.35 bits per heavy atom. The maximum Gasteiger partial charge on any atom is 0.222 e. The number of nitrogens with zero attached hydrogens (tertiary/aromatic N) is 2. The molecule has 17 heavy (non-hydrogen) atoms. The Balaban J connectivity index is 0.00000144. The lowest BCUT2D eigenvalue weighted by Gasteiger charge is -2.24. The molecule has 2 N–H and O–H groups in total. The van der Waals surface area contributed by atoms with Crippen molar-refractivity contribution in [3.63, 3.8) is 0 Å². The van der Waals surface area contributed by atoms with Gasteiger partial charge in [0, 0.05) is 32.6 Å². The van der Waals surface area contributed by atoms with Crippen LogP contribution in [0.2, 0.25) is 0 Å². The van der Waals surface area contributed by atoms with Gasteiger partial charge in [0.2, 0.25) is 5.91 Å². The molecule has 0 aromatic rings. The largest absolute Gasteiger partial charge is 0.341 e.